The Kier molecular flexibility index (Phi) is 3.19. The Hall–Kier alpha value is -2.10. The molecule has 0 radical (unpaired) electrons. The molecule has 1 aromatic carbocycles. The van der Waals surface area contributed by atoms with Crippen LogP contribution in [0.2, 0.25) is 0 Å². The summed E-state index contributed by atoms with van der Waals surface area (Å²) in [5, 5.41) is 10.1. The molecule has 0 aliphatic heterocycles. The van der Waals surface area contributed by atoms with Crippen molar-refractivity contribution in [3.63, 3.8) is 0 Å². The van der Waals surface area contributed by atoms with E-state index in [9.17, 15) is 9.90 Å². The summed E-state index contributed by atoms with van der Waals surface area (Å²) in [7, 11) is 1.86. The van der Waals surface area contributed by atoms with Gasteiger partial charge in [-0.05, 0) is 26.0 Å². The predicted octanol–water partition coefficient (Wildman–Crippen LogP) is 2.78. The monoisotopic (exact) mass is 244 g/mol. The van der Waals surface area contributed by atoms with E-state index >= 15 is 0 Å². The molecule has 2 rings (SSSR count). The Morgan fingerprint density at radius 1 is 1.33 bits per heavy atom. The zero-order valence-electron chi connectivity index (χ0n) is 10.7. The Balaban J connectivity index is 2.69. The second-order valence-corrected chi connectivity index (χ2v) is 4.56. The standard InChI is InChI=1S/C14H16N2O2/c1-9(2)16(3)13-11(14(17)18)8-10-6-4-5-7-12(10)15-13/h4-9H,1-3H3,(H,17,18). The van der Waals surface area contributed by atoms with Crippen LogP contribution < -0.4 is 4.90 Å². The molecular formula is C14H16N2O2. The van der Waals surface area contributed by atoms with Gasteiger partial charge in [-0.2, -0.15) is 0 Å². The summed E-state index contributed by atoms with van der Waals surface area (Å²) in [6.07, 6.45) is 0. The molecule has 1 aromatic heterocycles. The number of hydrogen-bond acceptors (Lipinski definition) is 3. The number of nitrogens with zero attached hydrogens (tertiary/aromatic N) is 2. The van der Waals surface area contributed by atoms with Crippen LogP contribution in [0.15, 0.2) is 30.3 Å². The van der Waals surface area contributed by atoms with Crippen LogP contribution >= 0.6 is 0 Å². The van der Waals surface area contributed by atoms with Crippen LogP contribution in [-0.2, 0) is 0 Å². The number of fused-ring (bicyclic) bond motifs is 1. The van der Waals surface area contributed by atoms with Crippen molar-refractivity contribution in [1.29, 1.82) is 0 Å². The normalized spacial score (nSPS) is 10.9. The molecule has 0 saturated carbocycles. The van der Waals surface area contributed by atoms with Crippen molar-refractivity contribution >= 4 is 22.7 Å². The molecule has 2 aromatic rings. The minimum absolute atomic E-state index is 0.191. The van der Waals surface area contributed by atoms with Crippen LogP contribution in [0.4, 0.5) is 5.82 Å². The summed E-state index contributed by atoms with van der Waals surface area (Å²) in [5.41, 5.74) is 1.05. The Labute approximate surface area is 106 Å². The van der Waals surface area contributed by atoms with Crippen molar-refractivity contribution in [2.75, 3.05) is 11.9 Å². The van der Waals surface area contributed by atoms with Crippen molar-refractivity contribution in [1.82, 2.24) is 4.98 Å². The number of benzene rings is 1. The molecule has 4 heteroatoms. The lowest BCUT2D eigenvalue weighted by Crippen LogP contribution is -2.28. The van der Waals surface area contributed by atoms with E-state index in [1.165, 1.54) is 0 Å². The minimum Gasteiger partial charge on any atom is -0.478 e. The summed E-state index contributed by atoms with van der Waals surface area (Å²) >= 11 is 0. The molecule has 0 aliphatic carbocycles. The van der Waals surface area contributed by atoms with E-state index < -0.39 is 5.97 Å². The number of para-hydroxylation sites is 1. The van der Waals surface area contributed by atoms with Gasteiger partial charge < -0.3 is 10.0 Å². The molecule has 1 heterocycles. The van der Waals surface area contributed by atoms with E-state index in [-0.39, 0.29) is 11.6 Å². The van der Waals surface area contributed by atoms with Crippen molar-refractivity contribution in [2.24, 2.45) is 0 Å². The highest BCUT2D eigenvalue weighted by Gasteiger charge is 2.18. The number of carboxylic acids is 1. The van der Waals surface area contributed by atoms with E-state index in [0.717, 1.165) is 10.9 Å². The van der Waals surface area contributed by atoms with Gasteiger partial charge in [0.2, 0.25) is 0 Å². The fourth-order valence-electron chi connectivity index (χ4n) is 1.78. The number of aromatic carboxylic acids is 1. The third-order valence-corrected chi connectivity index (χ3v) is 3.04. The number of pyridine rings is 1. The van der Waals surface area contributed by atoms with Crippen LogP contribution in [0.3, 0.4) is 0 Å². The van der Waals surface area contributed by atoms with E-state index in [1.54, 1.807) is 6.07 Å². The van der Waals surface area contributed by atoms with Gasteiger partial charge in [0, 0.05) is 18.5 Å². The summed E-state index contributed by atoms with van der Waals surface area (Å²) in [5.74, 6) is -0.438. The van der Waals surface area contributed by atoms with Gasteiger partial charge in [-0.25, -0.2) is 9.78 Å². The largest absolute Gasteiger partial charge is 0.478 e. The first kappa shape index (κ1) is 12.4. The molecule has 1 N–H and O–H groups in total. The lowest BCUT2D eigenvalue weighted by atomic mass is 10.1. The first-order chi connectivity index (χ1) is 8.50. The van der Waals surface area contributed by atoms with Gasteiger partial charge >= 0.3 is 5.97 Å². The average molecular weight is 244 g/mol. The second kappa shape index (κ2) is 4.64. The minimum atomic E-state index is -0.948. The number of hydrogen-bond donors (Lipinski definition) is 1. The first-order valence-electron chi connectivity index (χ1n) is 5.86. The van der Waals surface area contributed by atoms with E-state index in [4.69, 9.17) is 0 Å². The third-order valence-electron chi connectivity index (χ3n) is 3.04. The zero-order chi connectivity index (χ0) is 13.3. The van der Waals surface area contributed by atoms with E-state index in [0.29, 0.717) is 5.82 Å². The molecule has 0 atom stereocenters. The molecule has 94 valence electrons. The Bertz CT molecular complexity index is 593. The number of rotatable bonds is 3. The summed E-state index contributed by atoms with van der Waals surface area (Å²) in [6, 6.07) is 9.40. The smallest absolute Gasteiger partial charge is 0.339 e. The number of carbonyl (C=O) groups is 1. The molecule has 0 aliphatic rings. The summed E-state index contributed by atoms with van der Waals surface area (Å²) in [6.45, 7) is 4.00. The summed E-state index contributed by atoms with van der Waals surface area (Å²) in [4.78, 5) is 17.7. The van der Waals surface area contributed by atoms with Gasteiger partial charge in [-0.15, -0.1) is 0 Å². The van der Waals surface area contributed by atoms with E-state index in [1.807, 2.05) is 50.1 Å². The molecule has 0 bridgehead atoms. The van der Waals surface area contributed by atoms with Crippen molar-refractivity contribution in [3.05, 3.63) is 35.9 Å². The van der Waals surface area contributed by atoms with Crippen LogP contribution in [-0.4, -0.2) is 29.1 Å². The fraction of sp³-hybridized carbons (Fsp3) is 0.286. The molecule has 0 spiro atoms. The summed E-state index contributed by atoms with van der Waals surface area (Å²) < 4.78 is 0. The Morgan fingerprint density at radius 2 is 2.00 bits per heavy atom. The van der Waals surface area contributed by atoms with Crippen LogP contribution in [0, 0.1) is 0 Å². The SMILES string of the molecule is CC(C)N(C)c1nc2ccccc2cc1C(=O)O. The van der Waals surface area contributed by atoms with Crippen molar-refractivity contribution < 1.29 is 9.90 Å². The van der Waals surface area contributed by atoms with Gasteiger partial charge in [0.25, 0.3) is 0 Å². The number of carboxylic acid groups (broad SMARTS) is 1. The van der Waals surface area contributed by atoms with Gasteiger partial charge in [0.15, 0.2) is 0 Å². The van der Waals surface area contributed by atoms with Crippen LogP contribution in [0.1, 0.15) is 24.2 Å². The maximum Gasteiger partial charge on any atom is 0.339 e. The third kappa shape index (κ3) is 2.14. The van der Waals surface area contributed by atoms with E-state index in [2.05, 4.69) is 4.98 Å². The molecule has 4 nitrogen and oxygen atoms in total. The molecule has 0 unspecified atom stereocenters. The molecule has 0 amide bonds. The van der Waals surface area contributed by atoms with Crippen molar-refractivity contribution in [2.45, 2.75) is 19.9 Å². The zero-order valence-corrected chi connectivity index (χ0v) is 10.7. The van der Waals surface area contributed by atoms with Crippen molar-refractivity contribution in [3.8, 4) is 0 Å². The fourth-order valence-corrected chi connectivity index (χ4v) is 1.78. The van der Waals surface area contributed by atoms with Crippen LogP contribution in [0.5, 0.6) is 0 Å². The first-order valence-corrected chi connectivity index (χ1v) is 5.86. The quantitative estimate of drug-likeness (QED) is 0.902. The molecule has 0 saturated heterocycles. The highest BCUT2D eigenvalue weighted by Crippen LogP contribution is 2.24. The molecule has 18 heavy (non-hydrogen) atoms. The lowest BCUT2D eigenvalue weighted by molar-refractivity contribution is 0.0697. The topological polar surface area (TPSA) is 53.4 Å². The van der Waals surface area contributed by atoms with Crippen LogP contribution in [0.25, 0.3) is 10.9 Å². The number of aromatic nitrogens is 1. The van der Waals surface area contributed by atoms with Gasteiger partial charge in [0.1, 0.15) is 11.4 Å². The highest BCUT2D eigenvalue weighted by atomic mass is 16.4. The average Bonchev–Trinajstić information content (AvgIpc) is 2.36. The number of anilines is 1. The molecular weight excluding hydrogens is 228 g/mol. The Morgan fingerprint density at radius 3 is 2.61 bits per heavy atom. The molecule has 0 fully saturated rings. The lowest BCUT2D eigenvalue weighted by Gasteiger charge is -2.24. The maximum atomic E-state index is 11.3. The van der Waals surface area contributed by atoms with Gasteiger partial charge in [-0.3, -0.25) is 0 Å². The predicted molar refractivity (Wildman–Crippen MR) is 72.2 cm³/mol. The second-order valence-electron chi connectivity index (χ2n) is 4.56. The highest BCUT2D eigenvalue weighted by molar-refractivity contribution is 5.98. The van der Waals surface area contributed by atoms with Gasteiger partial charge in [0.05, 0.1) is 5.52 Å². The maximum absolute atomic E-state index is 11.3. The van der Waals surface area contributed by atoms with Gasteiger partial charge in [-0.1, -0.05) is 18.2 Å².